The van der Waals surface area contributed by atoms with Crippen LogP contribution in [0.5, 0.6) is 0 Å². The van der Waals surface area contributed by atoms with E-state index in [-0.39, 0.29) is 0 Å². The van der Waals surface area contributed by atoms with E-state index in [1.54, 1.807) is 0 Å². The average Bonchev–Trinajstić information content (AvgIpc) is 3.52. The Morgan fingerprint density at radius 1 is 0.300 bits per heavy atom. The van der Waals surface area contributed by atoms with Crippen molar-refractivity contribution in [3.8, 4) is 67.3 Å². The Kier molecular flexibility index (Phi) is 5.70. The highest BCUT2D eigenvalue weighted by atomic mass is 14.9. The summed E-state index contributed by atoms with van der Waals surface area (Å²) in [6.45, 7) is 0. The van der Waals surface area contributed by atoms with Crippen LogP contribution in [-0.4, -0.2) is 9.97 Å². The minimum atomic E-state index is 0.738. The molecule has 0 radical (unpaired) electrons. The number of fused-ring (bicyclic) bond motifs is 3. The number of nitrogens with zero attached hydrogens (tertiary/aromatic N) is 2. The molecule has 0 bridgehead atoms. The third-order valence-electron chi connectivity index (χ3n) is 10.6. The fourth-order valence-corrected chi connectivity index (χ4v) is 8.39. The second-order valence-corrected chi connectivity index (χ2v) is 13.3. The Balaban J connectivity index is 1.32. The molecule has 1 heterocycles. The van der Waals surface area contributed by atoms with E-state index in [2.05, 4.69) is 164 Å². The van der Waals surface area contributed by atoms with Gasteiger partial charge < -0.3 is 0 Å². The fraction of sp³-hybridized carbons (Fsp3) is 0. The van der Waals surface area contributed by atoms with Crippen LogP contribution < -0.4 is 0 Å². The molecule has 0 N–H and O–H groups in total. The minimum Gasteiger partial charge on any atom is -0.227 e. The molecule has 0 aliphatic heterocycles. The van der Waals surface area contributed by atoms with Crippen molar-refractivity contribution >= 4 is 43.1 Å². The van der Waals surface area contributed by atoms with Crippen LogP contribution in [0.1, 0.15) is 0 Å². The van der Waals surface area contributed by atoms with E-state index in [9.17, 15) is 0 Å². The Bertz CT molecular complexity index is 2940. The van der Waals surface area contributed by atoms with Gasteiger partial charge >= 0.3 is 0 Å². The second-order valence-electron chi connectivity index (χ2n) is 13.3. The maximum absolute atomic E-state index is 5.53. The first kappa shape index (κ1) is 27.3. The van der Waals surface area contributed by atoms with Crippen molar-refractivity contribution < 1.29 is 0 Å². The first-order valence-electron chi connectivity index (χ1n) is 17.2. The van der Waals surface area contributed by atoms with Crippen LogP contribution in [0.2, 0.25) is 0 Å². The van der Waals surface area contributed by atoms with Crippen LogP contribution in [-0.2, 0) is 0 Å². The number of benzene rings is 9. The molecule has 1 aliphatic rings. The van der Waals surface area contributed by atoms with Crippen LogP contribution in [0.15, 0.2) is 170 Å². The highest BCUT2D eigenvalue weighted by Crippen LogP contribution is 2.53. The van der Waals surface area contributed by atoms with E-state index >= 15 is 0 Å². The summed E-state index contributed by atoms with van der Waals surface area (Å²) in [5, 5.41) is 9.99. The maximum Gasteiger partial charge on any atom is 0.160 e. The molecule has 1 aromatic heterocycles. The second kappa shape index (κ2) is 10.4. The van der Waals surface area contributed by atoms with Gasteiger partial charge in [0.1, 0.15) is 0 Å². The van der Waals surface area contributed by atoms with Crippen LogP contribution in [0.4, 0.5) is 0 Å². The zero-order valence-corrected chi connectivity index (χ0v) is 27.1. The summed E-state index contributed by atoms with van der Waals surface area (Å²) in [7, 11) is 0. The smallest absolute Gasteiger partial charge is 0.160 e. The lowest BCUT2D eigenvalue weighted by Crippen LogP contribution is -1.99. The maximum atomic E-state index is 5.53. The number of hydrogen-bond donors (Lipinski definition) is 0. The normalized spacial score (nSPS) is 12.0. The van der Waals surface area contributed by atoms with Crippen LogP contribution in [0.25, 0.3) is 110 Å². The van der Waals surface area contributed by atoms with Gasteiger partial charge in [0, 0.05) is 22.3 Å². The van der Waals surface area contributed by atoms with Crippen molar-refractivity contribution in [2.75, 3.05) is 0 Å². The van der Waals surface area contributed by atoms with E-state index in [1.807, 2.05) is 6.07 Å². The molecule has 1 aliphatic carbocycles. The molecule has 2 heteroatoms. The Labute approximate surface area is 289 Å². The predicted molar refractivity (Wildman–Crippen MR) is 209 cm³/mol. The molecule has 0 spiro atoms. The lowest BCUT2D eigenvalue weighted by Gasteiger charge is -2.20. The molecule has 2 nitrogen and oxygen atoms in total. The summed E-state index contributed by atoms with van der Waals surface area (Å²) in [6.07, 6.45) is 0. The van der Waals surface area contributed by atoms with Crippen LogP contribution in [0, 0.1) is 0 Å². The topological polar surface area (TPSA) is 25.8 Å². The van der Waals surface area contributed by atoms with Crippen LogP contribution >= 0.6 is 0 Å². The summed E-state index contributed by atoms with van der Waals surface area (Å²) < 4.78 is 0. The monoisotopic (exact) mass is 632 g/mol. The molecular formula is C48H28N2. The highest BCUT2D eigenvalue weighted by molar-refractivity contribution is 6.30. The molecule has 50 heavy (non-hydrogen) atoms. The van der Waals surface area contributed by atoms with Gasteiger partial charge in [-0.2, -0.15) is 0 Å². The number of rotatable bonds is 4. The van der Waals surface area contributed by atoms with E-state index in [0.717, 1.165) is 33.9 Å². The fourth-order valence-electron chi connectivity index (χ4n) is 8.39. The molecule has 9 aromatic carbocycles. The predicted octanol–water partition coefficient (Wildman–Crippen LogP) is 12.8. The van der Waals surface area contributed by atoms with E-state index in [0.29, 0.717) is 0 Å². The summed E-state index contributed by atoms with van der Waals surface area (Å²) in [6, 6.07) is 61.3. The van der Waals surface area contributed by atoms with Crippen LogP contribution in [0.3, 0.4) is 0 Å². The van der Waals surface area contributed by atoms with Gasteiger partial charge in [0.15, 0.2) is 5.82 Å². The van der Waals surface area contributed by atoms with E-state index in [1.165, 1.54) is 76.5 Å². The van der Waals surface area contributed by atoms with Gasteiger partial charge in [0.2, 0.25) is 0 Å². The van der Waals surface area contributed by atoms with E-state index < -0.39 is 0 Å². The summed E-state index contributed by atoms with van der Waals surface area (Å²) >= 11 is 0. The molecule has 11 rings (SSSR count). The molecule has 0 atom stereocenters. The lowest BCUT2D eigenvalue weighted by molar-refractivity contribution is 1.20. The third kappa shape index (κ3) is 3.85. The molecule has 0 unspecified atom stereocenters. The molecule has 0 amide bonds. The molecule has 10 aromatic rings. The largest absolute Gasteiger partial charge is 0.227 e. The molecule has 0 fully saturated rings. The van der Waals surface area contributed by atoms with Gasteiger partial charge in [-0.05, 0) is 77.0 Å². The lowest BCUT2D eigenvalue weighted by atomic mass is 9.84. The summed E-state index contributed by atoms with van der Waals surface area (Å²) in [4.78, 5) is 10.9. The highest BCUT2D eigenvalue weighted by Gasteiger charge is 2.30. The number of aromatic nitrogens is 2. The first-order valence-corrected chi connectivity index (χ1v) is 17.2. The standard InChI is InChI=1S/C48H28N2/c1-4-12-29(13-5-1)34-24-22-32-23-25-36-40(30-14-6-2-7-15-30)28-41(37-27-26-35(34)43(32)44(36)37)47-45-38-20-10-18-31-19-11-21-39(42(31)38)46(45)49-48(50-47)33-16-8-3-9-17-33/h1-28H. The van der Waals surface area contributed by atoms with Crippen molar-refractivity contribution in [1.82, 2.24) is 9.97 Å². The van der Waals surface area contributed by atoms with E-state index in [4.69, 9.17) is 9.97 Å². The Morgan fingerprint density at radius 3 is 1.52 bits per heavy atom. The van der Waals surface area contributed by atoms with Crippen molar-refractivity contribution in [3.63, 3.8) is 0 Å². The SMILES string of the molecule is c1ccc(-c2nc(-c3cc(-c4ccccc4)c4ccc5ccc(-c6ccccc6)c6ccc3c4c56)c3c(n2)-c2cccc4cccc-3c24)cc1. The van der Waals surface area contributed by atoms with Crippen molar-refractivity contribution in [2.24, 2.45) is 0 Å². The van der Waals surface area contributed by atoms with Gasteiger partial charge in [-0.3, -0.25) is 0 Å². The third-order valence-corrected chi connectivity index (χ3v) is 10.6. The molecule has 0 saturated carbocycles. The Hall–Kier alpha value is -6.64. The summed E-state index contributed by atoms with van der Waals surface area (Å²) in [5.74, 6) is 0.738. The van der Waals surface area contributed by atoms with Crippen molar-refractivity contribution in [3.05, 3.63) is 170 Å². The Morgan fingerprint density at radius 2 is 0.820 bits per heavy atom. The van der Waals surface area contributed by atoms with Gasteiger partial charge in [0.05, 0.1) is 11.4 Å². The zero-order valence-electron chi connectivity index (χ0n) is 27.1. The molecule has 0 saturated heterocycles. The summed E-state index contributed by atoms with van der Waals surface area (Å²) in [5.41, 5.74) is 12.4. The molecule has 230 valence electrons. The van der Waals surface area contributed by atoms with Gasteiger partial charge in [-0.25, -0.2) is 9.97 Å². The minimum absolute atomic E-state index is 0.738. The van der Waals surface area contributed by atoms with Gasteiger partial charge in [-0.1, -0.05) is 164 Å². The average molecular weight is 633 g/mol. The number of hydrogen-bond acceptors (Lipinski definition) is 2. The quantitative estimate of drug-likeness (QED) is 0.180. The zero-order chi connectivity index (χ0) is 32.8. The molecular weight excluding hydrogens is 605 g/mol. The van der Waals surface area contributed by atoms with Crippen molar-refractivity contribution in [2.45, 2.75) is 0 Å². The van der Waals surface area contributed by atoms with Gasteiger partial charge in [-0.15, -0.1) is 0 Å². The van der Waals surface area contributed by atoms with Gasteiger partial charge in [0.25, 0.3) is 0 Å². The first-order chi connectivity index (χ1) is 24.8. The van der Waals surface area contributed by atoms with Crippen molar-refractivity contribution in [1.29, 1.82) is 0 Å².